The number of hydrogen-bond acceptors (Lipinski definition) is 6. The molecule has 1 aromatic rings. The van der Waals surface area contributed by atoms with E-state index in [4.69, 9.17) is 10.3 Å². The summed E-state index contributed by atoms with van der Waals surface area (Å²) in [5.41, 5.74) is 5.15. The van der Waals surface area contributed by atoms with E-state index in [1.165, 1.54) is 0 Å². The van der Waals surface area contributed by atoms with Crippen LogP contribution in [0, 0.1) is 5.41 Å². The van der Waals surface area contributed by atoms with E-state index in [9.17, 15) is 13.2 Å². The highest BCUT2D eigenvalue weighted by atomic mass is 32.2. The maximum atomic E-state index is 12.1. The van der Waals surface area contributed by atoms with Crippen molar-refractivity contribution in [3.63, 3.8) is 0 Å². The van der Waals surface area contributed by atoms with E-state index in [2.05, 4.69) is 15.2 Å². The van der Waals surface area contributed by atoms with E-state index >= 15 is 0 Å². The molecule has 0 atom stereocenters. The predicted octanol–water partition coefficient (Wildman–Crippen LogP) is 0.576. The van der Waals surface area contributed by atoms with Crippen LogP contribution in [0.4, 0.5) is 0 Å². The van der Waals surface area contributed by atoms with Crippen molar-refractivity contribution in [2.45, 2.75) is 39.0 Å². The van der Waals surface area contributed by atoms with Crippen LogP contribution in [0.5, 0.6) is 0 Å². The second kappa shape index (κ2) is 7.62. The average Bonchev–Trinajstić information content (AvgIpc) is 3.26. The Hall–Kier alpha value is -1.45. The molecule has 0 bridgehead atoms. The molecule has 0 radical (unpaired) electrons. The minimum Gasteiger partial charge on any atom is -0.360 e. The van der Waals surface area contributed by atoms with E-state index in [1.807, 2.05) is 13.8 Å². The van der Waals surface area contributed by atoms with Gasteiger partial charge in [0.2, 0.25) is 10.0 Å². The van der Waals surface area contributed by atoms with Crippen LogP contribution in [0.2, 0.25) is 0 Å². The molecule has 1 aliphatic rings. The predicted molar refractivity (Wildman–Crippen MR) is 90.1 cm³/mol. The molecular weight excluding hydrogens is 332 g/mol. The first-order valence-electron chi connectivity index (χ1n) is 8.15. The van der Waals surface area contributed by atoms with Gasteiger partial charge in [-0.25, -0.2) is 13.1 Å². The lowest BCUT2D eigenvalue weighted by molar-refractivity contribution is 0.0928. The number of nitrogens with one attached hydrogen (secondary N) is 2. The summed E-state index contributed by atoms with van der Waals surface area (Å²) in [6.45, 7) is 4.62. The van der Waals surface area contributed by atoms with Crippen LogP contribution in [0.25, 0.3) is 0 Å². The van der Waals surface area contributed by atoms with Crippen molar-refractivity contribution in [2.75, 3.05) is 25.4 Å². The molecule has 1 fully saturated rings. The van der Waals surface area contributed by atoms with Gasteiger partial charge in [-0.3, -0.25) is 4.79 Å². The summed E-state index contributed by atoms with van der Waals surface area (Å²) in [7, 11) is -3.34. The van der Waals surface area contributed by atoms with Crippen molar-refractivity contribution in [3.8, 4) is 0 Å². The third kappa shape index (κ3) is 5.88. The molecule has 4 N–H and O–H groups in total. The van der Waals surface area contributed by atoms with E-state index in [0.717, 1.165) is 18.6 Å². The lowest BCUT2D eigenvalue weighted by Crippen LogP contribution is -2.42. The molecule has 0 spiro atoms. The fourth-order valence-corrected chi connectivity index (χ4v) is 3.38. The largest absolute Gasteiger partial charge is 0.360 e. The van der Waals surface area contributed by atoms with Gasteiger partial charge in [-0.1, -0.05) is 19.0 Å². The number of nitrogens with two attached hydrogens (primary N) is 1. The van der Waals surface area contributed by atoms with Gasteiger partial charge in [0.05, 0.1) is 5.75 Å². The van der Waals surface area contributed by atoms with Gasteiger partial charge in [-0.2, -0.15) is 0 Å². The van der Waals surface area contributed by atoms with Crippen LogP contribution in [0.3, 0.4) is 0 Å². The summed E-state index contributed by atoms with van der Waals surface area (Å²) in [6.07, 6.45) is 2.57. The molecule has 1 aliphatic carbocycles. The van der Waals surface area contributed by atoms with E-state index in [-0.39, 0.29) is 23.9 Å². The van der Waals surface area contributed by atoms with Crippen LogP contribution in [0.15, 0.2) is 10.6 Å². The Labute approximate surface area is 142 Å². The Balaban J connectivity index is 1.79. The summed E-state index contributed by atoms with van der Waals surface area (Å²) in [5, 5.41) is 6.56. The minimum absolute atomic E-state index is 0.00875. The maximum Gasteiger partial charge on any atom is 0.273 e. The monoisotopic (exact) mass is 358 g/mol. The second-order valence-corrected chi connectivity index (χ2v) is 8.94. The molecule has 0 aliphatic heterocycles. The molecule has 1 amide bonds. The van der Waals surface area contributed by atoms with Gasteiger partial charge < -0.3 is 15.6 Å². The van der Waals surface area contributed by atoms with Crippen LogP contribution in [0.1, 0.15) is 55.3 Å². The molecule has 1 aromatic heterocycles. The SMILES string of the molecule is CC(C)(CNC(=O)c1cc(C2CC2)on1)CNS(=O)(=O)CCCN. The molecule has 8 nitrogen and oxygen atoms in total. The fourth-order valence-electron chi connectivity index (χ4n) is 2.08. The summed E-state index contributed by atoms with van der Waals surface area (Å²) in [6, 6.07) is 1.68. The summed E-state index contributed by atoms with van der Waals surface area (Å²) >= 11 is 0. The molecule has 1 saturated carbocycles. The molecule has 136 valence electrons. The molecule has 0 saturated heterocycles. The summed E-state index contributed by atoms with van der Waals surface area (Å²) in [5.74, 6) is 0.852. The highest BCUT2D eigenvalue weighted by Gasteiger charge is 2.29. The lowest BCUT2D eigenvalue weighted by atomic mass is 9.94. The first-order chi connectivity index (χ1) is 11.2. The molecule has 1 heterocycles. The van der Waals surface area contributed by atoms with Gasteiger partial charge in [-0.05, 0) is 31.2 Å². The summed E-state index contributed by atoms with van der Waals surface area (Å²) < 4.78 is 31.3. The molecule has 0 aromatic carbocycles. The van der Waals surface area contributed by atoms with Crippen LogP contribution in [-0.4, -0.2) is 44.9 Å². The topological polar surface area (TPSA) is 127 Å². The number of amides is 1. The van der Waals surface area contributed by atoms with Gasteiger partial charge in [0.25, 0.3) is 5.91 Å². The zero-order valence-corrected chi connectivity index (χ0v) is 15.0. The van der Waals surface area contributed by atoms with Gasteiger partial charge in [0, 0.05) is 25.1 Å². The Morgan fingerprint density at radius 3 is 2.75 bits per heavy atom. The number of aromatic nitrogens is 1. The van der Waals surface area contributed by atoms with E-state index in [1.54, 1.807) is 6.07 Å². The third-order valence-corrected chi connectivity index (χ3v) is 5.27. The molecule has 9 heteroatoms. The molecule has 0 unspecified atom stereocenters. The van der Waals surface area contributed by atoms with Crippen molar-refractivity contribution in [3.05, 3.63) is 17.5 Å². The number of rotatable bonds is 10. The number of sulfonamides is 1. The zero-order chi connectivity index (χ0) is 17.8. The molecule has 24 heavy (non-hydrogen) atoms. The second-order valence-electron chi connectivity index (χ2n) is 7.02. The van der Waals surface area contributed by atoms with E-state index < -0.39 is 15.4 Å². The smallest absolute Gasteiger partial charge is 0.273 e. The van der Waals surface area contributed by atoms with E-state index in [0.29, 0.717) is 25.4 Å². The Morgan fingerprint density at radius 1 is 1.42 bits per heavy atom. The van der Waals surface area contributed by atoms with Crippen molar-refractivity contribution in [2.24, 2.45) is 11.1 Å². The lowest BCUT2D eigenvalue weighted by Gasteiger charge is -2.25. The van der Waals surface area contributed by atoms with Crippen molar-refractivity contribution < 1.29 is 17.7 Å². The van der Waals surface area contributed by atoms with Gasteiger partial charge in [-0.15, -0.1) is 0 Å². The Kier molecular flexibility index (Phi) is 6.00. The average molecular weight is 358 g/mol. The number of carbonyl (C=O) groups excluding carboxylic acids is 1. The first kappa shape index (κ1) is 18.9. The van der Waals surface area contributed by atoms with Crippen molar-refractivity contribution >= 4 is 15.9 Å². The van der Waals surface area contributed by atoms with Crippen LogP contribution < -0.4 is 15.8 Å². The zero-order valence-electron chi connectivity index (χ0n) is 14.2. The highest BCUT2D eigenvalue weighted by Crippen LogP contribution is 2.40. The normalized spacial score (nSPS) is 15.5. The molecule has 2 rings (SSSR count). The standard InChI is InChI=1S/C15H26N4O4S/c1-15(2,10-18-24(21,22)7-3-6-16)9-17-14(20)12-8-13(23-19-12)11-4-5-11/h8,11,18H,3-7,9-10,16H2,1-2H3,(H,17,20). The number of hydrogen-bond donors (Lipinski definition) is 3. The summed E-state index contributed by atoms with van der Waals surface area (Å²) in [4.78, 5) is 12.1. The quantitative estimate of drug-likeness (QED) is 0.561. The molecular formula is C15H26N4O4S. The third-order valence-electron chi connectivity index (χ3n) is 3.86. The van der Waals surface area contributed by atoms with Crippen molar-refractivity contribution in [1.82, 2.24) is 15.2 Å². The maximum absolute atomic E-state index is 12.1. The van der Waals surface area contributed by atoms with Gasteiger partial charge in [0.15, 0.2) is 5.69 Å². The minimum atomic E-state index is -3.34. The van der Waals surface area contributed by atoms with Crippen molar-refractivity contribution in [1.29, 1.82) is 0 Å². The fraction of sp³-hybridized carbons (Fsp3) is 0.733. The van der Waals surface area contributed by atoms with Gasteiger partial charge >= 0.3 is 0 Å². The van der Waals surface area contributed by atoms with Crippen LogP contribution in [-0.2, 0) is 10.0 Å². The highest BCUT2D eigenvalue weighted by molar-refractivity contribution is 7.89. The Bertz CT molecular complexity index is 665. The number of nitrogens with zero attached hydrogens (tertiary/aromatic N) is 1. The number of carbonyl (C=O) groups is 1. The first-order valence-corrected chi connectivity index (χ1v) is 9.80. The van der Waals surface area contributed by atoms with Crippen LogP contribution >= 0.6 is 0 Å². The Morgan fingerprint density at radius 2 is 2.12 bits per heavy atom. The van der Waals surface area contributed by atoms with Gasteiger partial charge in [0.1, 0.15) is 5.76 Å².